The molecule has 19 heavy (non-hydrogen) atoms. The molecule has 0 fully saturated rings. The van der Waals surface area contributed by atoms with Gasteiger partial charge in [-0.25, -0.2) is 0 Å². The van der Waals surface area contributed by atoms with Crippen molar-refractivity contribution in [3.63, 3.8) is 0 Å². The van der Waals surface area contributed by atoms with Crippen molar-refractivity contribution in [3.05, 3.63) is 71.0 Å². The summed E-state index contributed by atoms with van der Waals surface area (Å²) in [6.07, 6.45) is 7.47. The number of rotatable bonds is 1. The quantitative estimate of drug-likeness (QED) is 0.701. The minimum atomic E-state index is -0.0914. The zero-order chi connectivity index (χ0) is 13.5. The number of allylic oxidation sites excluding steroid dienone is 4. The zero-order valence-electron chi connectivity index (χ0n) is 11.8. The number of benzene rings is 1. The SMILES string of the molecule is CC1=C2C(=CC=CC2c2ccccc2)OC(C)(C)C1. The fraction of sp³-hybridized carbons (Fsp3) is 0.333. The molecule has 1 aliphatic carbocycles. The molecule has 3 rings (SSSR count). The Morgan fingerprint density at radius 2 is 1.89 bits per heavy atom. The Morgan fingerprint density at radius 3 is 2.63 bits per heavy atom. The molecule has 0 radical (unpaired) electrons. The molecule has 1 heteroatoms. The van der Waals surface area contributed by atoms with Gasteiger partial charge in [-0.15, -0.1) is 0 Å². The van der Waals surface area contributed by atoms with Crippen LogP contribution in [0.1, 0.15) is 38.7 Å². The third-order valence-electron chi connectivity index (χ3n) is 3.82. The third-order valence-corrected chi connectivity index (χ3v) is 3.82. The van der Waals surface area contributed by atoms with E-state index in [-0.39, 0.29) is 5.60 Å². The van der Waals surface area contributed by atoms with Crippen LogP contribution in [0.4, 0.5) is 0 Å². The lowest BCUT2D eigenvalue weighted by Gasteiger charge is -2.38. The van der Waals surface area contributed by atoms with Crippen LogP contribution in [0.3, 0.4) is 0 Å². The van der Waals surface area contributed by atoms with Crippen LogP contribution in [-0.4, -0.2) is 5.60 Å². The summed E-state index contributed by atoms with van der Waals surface area (Å²) in [5, 5.41) is 0. The summed E-state index contributed by atoms with van der Waals surface area (Å²) in [4.78, 5) is 0. The lowest BCUT2D eigenvalue weighted by atomic mass is 9.80. The molecule has 0 bridgehead atoms. The molecule has 0 saturated heterocycles. The van der Waals surface area contributed by atoms with Crippen LogP contribution in [-0.2, 0) is 4.74 Å². The van der Waals surface area contributed by atoms with Crippen LogP contribution in [0.5, 0.6) is 0 Å². The second-order valence-electron chi connectivity index (χ2n) is 6.04. The first-order valence-corrected chi connectivity index (χ1v) is 6.89. The van der Waals surface area contributed by atoms with Crippen molar-refractivity contribution in [1.82, 2.24) is 0 Å². The standard InChI is InChI=1S/C18H20O/c1-13-12-18(2,3)19-16-11-7-10-15(17(13)16)14-8-5-4-6-9-14/h4-11,15H,12H2,1-3H3. The monoisotopic (exact) mass is 252 g/mol. The van der Waals surface area contributed by atoms with Crippen molar-refractivity contribution in [2.24, 2.45) is 0 Å². The topological polar surface area (TPSA) is 9.23 Å². The summed E-state index contributed by atoms with van der Waals surface area (Å²) in [5.41, 5.74) is 4.04. The van der Waals surface area contributed by atoms with E-state index in [4.69, 9.17) is 4.74 Å². The summed E-state index contributed by atoms with van der Waals surface area (Å²) >= 11 is 0. The first kappa shape index (κ1) is 12.3. The third kappa shape index (κ3) is 2.25. The maximum absolute atomic E-state index is 6.15. The molecule has 1 heterocycles. The van der Waals surface area contributed by atoms with Gasteiger partial charge in [-0.3, -0.25) is 0 Å². The van der Waals surface area contributed by atoms with Crippen LogP contribution in [0.2, 0.25) is 0 Å². The Balaban J connectivity index is 2.07. The minimum absolute atomic E-state index is 0.0914. The van der Waals surface area contributed by atoms with Gasteiger partial charge in [0.25, 0.3) is 0 Å². The van der Waals surface area contributed by atoms with Crippen molar-refractivity contribution >= 4 is 0 Å². The predicted octanol–water partition coefficient (Wildman–Crippen LogP) is 4.74. The highest BCUT2D eigenvalue weighted by Crippen LogP contribution is 2.44. The lowest BCUT2D eigenvalue weighted by Crippen LogP contribution is -2.31. The smallest absolute Gasteiger partial charge is 0.124 e. The van der Waals surface area contributed by atoms with E-state index in [9.17, 15) is 0 Å². The zero-order valence-corrected chi connectivity index (χ0v) is 11.8. The van der Waals surface area contributed by atoms with Gasteiger partial charge in [-0.2, -0.15) is 0 Å². The second kappa shape index (κ2) is 4.41. The fourth-order valence-electron chi connectivity index (χ4n) is 3.16. The highest BCUT2D eigenvalue weighted by molar-refractivity contribution is 5.50. The Morgan fingerprint density at radius 1 is 1.16 bits per heavy atom. The van der Waals surface area contributed by atoms with Crippen LogP contribution >= 0.6 is 0 Å². The van der Waals surface area contributed by atoms with Crippen LogP contribution < -0.4 is 0 Å². The van der Waals surface area contributed by atoms with Gasteiger partial charge in [0.2, 0.25) is 0 Å². The van der Waals surface area contributed by atoms with Gasteiger partial charge in [0.15, 0.2) is 0 Å². The van der Waals surface area contributed by atoms with E-state index in [2.05, 4.69) is 69.3 Å². The summed E-state index contributed by atoms with van der Waals surface area (Å²) in [6, 6.07) is 10.7. The van der Waals surface area contributed by atoms with Gasteiger partial charge in [-0.1, -0.05) is 48.1 Å². The number of fused-ring (bicyclic) bond motifs is 1. The second-order valence-corrected chi connectivity index (χ2v) is 6.04. The van der Waals surface area contributed by atoms with Crippen molar-refractivity contribution in [2.45, 2.75) is 38.7 Å². The van der Waals surface area contributed by atoms with E-state index < -0.39 is 0 Å². The summed E-state index contributed by atoms with van der Waals surface area (Å²) < 4.78 is 6.15. The Bertz CT molecular complexity index is 573. The molecule has 0 aromatic heterocycles. The summed E-state index contributed by atoms with van der Waals surface area (Å²) in [6.45, 7) is 6.55. The predicted molar refractivity (Wildman–Crippen MR) is 78.9 cm³/mol. The average Bonchev–Trinajstić information content (AvgIpc) is 2.37. The summed E-state index contributed by atoms with van der Waals surface area (Å²) in [5.74, 6) is 1.38. The molecule has 1 aromatic carbocycles. The molecule has 0 spiro atoms. The largest absolute Gasteiger partial charge is 0.487 e. The molecule has 98 valence electrons. The van der Waals surface area contributed by atoms with Gasteiger partial charge < -0.3 is 4.74 Å². The molecule has 1 nitrogen and oxygen atoms in total. The maximum atomic E-state index is 6.15. The highest BCUT2D eigenvalue weighted by atomic mass is 16.5. The van der Waals surface area contributed by atoms with Gasteiger partial charge in [0.1, 0.15) is 11.4 Å². The van der Waals surface area contributed by atoms with Gasteiger partial charge >= 0.3 is 0 Å². The Kier molecular flexibility index (Phi) is 2.85. The molecule has 0 N–H and O–H groups in total. The minimum Gasteiger partial charge on any atom is -0.487 e. The molecule has 1 atom stereocenters. The van der Waals surface area contributed by atoms with E-state index >= 15 is 0 Å². The molecular weight excluding hydrogens is 232 g/mol. The highest BCUT2D eigenvalue weighted by Gasteiger charge is 2.33. The van der Waals surface area contributed by atoms with E-state index in [1.807, 2.05) is 0 Å². The van der Waals surface area contributed by atoms with E-state index in [1.54, 1.807) is 0 Å². The van der Waals surface area contributed by atoms with E-state index in [0.29, 0.717) is 5.92 Å². The molecular formula is C18H20O. The number of hydrogen-bond donors (Lipinski definition) is 0. The maximum Gasteiger partial charge on any atom is 0.124 e. The van der Waals surface area contributed by atoms with Gasteiger partial charge in [-0.05, 0) is 32.4 Å². The normalized spacial score (nSPS) is 24.6. The van der Waals surface area contributed by atoms with Crippen molar-refractivity contribution < 1.29 is 4.74 Å². The van der Waals surface area contributed by atoms with Gasteiger partial charge in [0, 0.05) is 17.9 Å². The Hall–Kier alpha value is -1.76. The first-order chi connectivity index (χ1) is 9.07. The van der Waals surface area contributed by atoms with E-state index in [0.717, 1.165) is 12.2 Å². The lowest BCUT2D eigenvalue weighted by molar-refractivity contribution is 0.0291. The van der Waals surface area contributed by atoms with Gasteiger partial charge in [0.05, 0.1) is 0 Å². The van der Waals surface area contributed by atoms with Crippen LogP contribution in [0, 0.1) is 0 Å². The summed E-state index contributed by atoms with van der Waals surface area (Å²) in [7, 11) is 0. The van der Waals surface area contributed by atoms with E-state index in [1.165, 1.54) is 16.7 Å². The van der Waals surface area contributed by atoms with Crippen molar-refractivity contribution in [3.8, 4) is 0 Å². The van der Waals surface area contributed by atoms with Crippen molar-refractivity contribution in [2.75, 3.05) is 0 Å². The molecule has 2 aliphatic rings. The molecule has 1 aliphatic heterocycles. The average molecular weight is 252 g/mol. The fourth-order valence-corrected chi connectivity index (χ4v) is 3.16. The molecule has 1 aromatic rings. The molecule has 1 unspecified atom stereocenters. The Labute approximate surface area is 115 Å². The number of ether oxygens (including phenoxy) is 1. The molecule has 0 amide bonds. The van der Waals surface area contributed by atoms with Crippen LogP contribution in [0.15, 0.2) is 65.5 Å². The van der Waals surface area contributed by atoms with Crippen LogP contribution in [0.25, 0.3) is 0 Å². The van der Waals surface area contributed by atoms with Crippen molar-refractivity contribution in [1.29, 1.82) is 0 Å². The first-order valence-electron chi connectivity index (χ1n) is 6.89. The number of hydrogen-bond acceptors (Lipinski definition) is 1. The molecule has 0 saturated carbocycles.